The van der Waals surface area contributed by atoms with Crippen molar-refractivity contribution in [2.24, 2.45) is 11.7 Å². The number of primary amides is 1. The summed E-state index contributed by atoms with van der Waals surface area (Å²) in [7, 11) is 4.11. The third kappa shape index (κ3) is 3.07. The van der Waals surface area contributed by atoms with Crippen LogP contribution in [0.15, 0.2) is 29.8 Å². The maximum absolute atomic E-state index is 11.7. The van der Waals surface area contributed by atoms with E-state index in [0.29, 0.717) is 5.75 Å². The number of fused-ring (bicyclic) bond motifs is 1. The molecule has 0 aliphatic heterocycles. The van der Waals surface area contributed by atoms with Crippen molar-refractivity contribution in [2.45, 2.75) is 12.3 Å². The molecule has 0 spiro atoms. The van der Waals surface area contributed by atoms with Crippen LogP contribution in [0.1, 0.15) is 23.5 Å². The molecule has 1 aliphatic rings. The molecule has 3 nitrogen and oxygen atoms in total. The van der Waals surface area contributed by atoms with Crippen LogP contribution in [0, 0.1) is 5.92 Å². The standard InChI is InChI=1S/C16H22N2OS/c1-18(2)8-7-12-9-11-5-3-4-6-13(11)15(12)14(10-20)16(17)19/h3-6,9,14-15,20H,7-8,10H2,1-2H3,(H2,17,19). The number of benzene rings is 1. The number of thiol groups is 1. The number of amides is 1. The maximum Gasteiger partial charge on any atom is 0.222 e. The summed E-state index contributed by atoms with van der Waals surface area (Å²) < 4.78 is 0. The van der Waals surface area contributed by atoms with E-state index in [9.17, 15) is 4.79 Å². The fourth-order valence-corrected chi connectivity index (χ4v) is 3.22. The SMILES string of the molecule is CN(C)CCC1=Cc2ccccc2C1C(CS)C(N)=O. The van der Waals surface area contributed by atoms with Crippen molar-refractivity contribution in [1.29, 1.82) is 0 Å². The van der Waals surface area contributed by atoms with Crippen LogP contribution in [0.25, 0.3) is 6.08 Å². The molecule has 0 heterocycles. The second kappa shape index (κ2) is 6.46. The van der Waals surface area contributed by atoms with Crippen LogP contribution in [0.5, 0.6) is 0 Å². The Balaban J connectivity index is 2.33. The van der Waals surface area contributed by atoms with Gasteiger partial charge in [-0.2, -0.15) is 12.6 Å². The molecule has 0 saturated carbocycles. The highest BCUT2D eigenvalue weighted by molar-refractivity contribution is 7.80. The summed E-state index contributed by atoms with van der Waals surface area (Å²) in [5, 5.41) is 0. The van der Waals surface area contributed by atoms with Crippen molar-refractivity contribution in [3.05, 3.63) is 41.0 Å². The molecule has 1 aromatic rings. The molecule has 1 aliphatic carbocycles. The number of hydrogen-bond donors (Lipinski definition) is 2. The third-order valence-corrected chi connectivity index (χ3v) is 4.28. The summed E-state index contributed by atoms with van der Waals surface area (Å²) in [6.45, 7) is 0.967. The Morgan fingerprint density at radius 1 is 1.40 bits per heavy atom. The first-order valence-corrected chi connectivity index (χ1v) is 7.52. The van der Waals surface area contributed by atoms with Gasteiger partial charge in [0.15, 0.2) is 0 Å². The van der Waals surface area contributed by atoms with Crippen molar-refractivity contribution >= 4 is 24.6 Å². The Kier molecular flexibility index (Phi) is 4.89. The minimum absolute atomic E-state index is 0.0844. The van der Waals surface area contributed by atoms with E-state index in [4.69, 9.17) is 5.73 Å². The Bertz CT molecular complexity index is 525. The largest absolute Gasteiger partial charge is 0.369 e. The highest BCUT2D eigenvalue weighted by Gasteiger charge is 2.34. The molecule has 0 fully saturated rings. The Labute approximate surface area is 126 Å². The number of rotatable bonds is 6. The van der Waals surface area contributed by atoms with Crippen LogP contribution in [0.3, 0.4) is 0 Å². The van der Waals surface area contributed by atoms with Gasteiger partial charge in [0, 0.05) is 18.2 Å². The van der Waals surface area contributed by atoms with Crippen molar-refractivity contribution in [3.63, 3.8) is 0 Å². The molecule has 4 heteroatoms. The van der Waals surface area contributed by atoms with Crippen molar-refractivity contribution in [1.82, 2.24) is 4.90 Å². The zero-order chi connectivity index (χ0) is 14.7. The van der Waals surface area contributed by atoms with Crippen LogP contribution in [-0.2, 0) is 4.79 Å². The highest BCUT2D eigenvalue weighted by Crippen LogP contribution is 2.42. The smallest absolute Gasteiger partial charge is 0.222 e. The van der Waals surface area contributed by atoms with Gasteiger partial charge in [-0.25, -0.2) is 0 Å². The lowest BCUT2D eigenvalue weighted by molar-refractivity contribution is -0.121. The monoisotopic (exact) mass is 290 g/mol. The van der Waals surface area contributed by atoms with Gasteiger partial charge in [-0.15, -0.1) is 0 Å². The van der Waals surface area contributed by atoms with Crippen LogP contribution in [-0.4, -0.2) is 37.2 Å². The van der Waals surface area contributed by atoms with E-state index < -0.39 is 0 Å². The Morgan fingerprint density at radius 2 is 2.10 bits per heavy atom. The first-order valence-electron chi connectivity index (χ1n) is 6.89. The average molecular weight is 290 g/mol. The summed E-state index contributed by atoms with van der Waals surface area (Å²) in [4.78, 5) is 13.9. The van der Waals surface area contributed by atoms with Crippen molar-refractivity contribution in [3.8, 4) is 0 Å². The number of nitrogens with two attached hydrogens (primary N) is 1. The van der Waals surface area contributed by atoms with Gasteiger partial charge in [0.1, 0.15) is 0 Å². The first-order chi connectivity index (χ1) is 9.54. The fraction of sp³-hybridized carbons (Fsp3) is 0.438. The van der Waals surface area contributed by atoms with Gasteiger partial charge >= 0.3 is 0 Å². The second-order valence-corrected chi connectivity index (χ2v) is 5.94. The minimum atomic E-state index is -0.266. The number of carbonyl (C=O) groups is 1. The Morgan fingerprint density at radius 3 is 2.70 bits per heavy atom. The van der Waals surface area contributed by atoms with Gasteiger partial charge in [-0.3, -0.25) is 4.79 Å². The summed E-state index contributed by atoms with van der Waals surface area (Å²) in [5.74, 6) is 0.0576. The maximum atomic E-state index is 11.7. The zero-order valence-electron chi connectivity index (χ0n) is 12.0. The van der Waals surface area contributed by atoms with Crippen LogP contribution < -0.4 is 5.73 Å². The van der Waals surface area contributed by atoms with Crippen LogP contribution in [0.4, 0.5) is 0 Å². The number of carbonyl (C=O) groups excluding carboxylic acids is 1. The van der Waals surface area contributed by atoms with E-state index in [0.717, 1.165) is 13.0 Å². The molecule has 108 valence electrons. The topological polar surface area (TPSA) is 46.3 Å². The zero-order valence-corrected chi connectivity index (χ0v) is 12.9. The molecule has 2 rings (SSSR count). The summed E-state index contributed by atoms with van der Waals surface area (Å²) in [5.41, 5.74) is 9.28. The molecule has 1 amide bonds. The molecule has 0 radical (unpaired) electrons. The molecule has 0 bridgehead atoms. The first kappa shape index (κ1) is 15.1. The number of nitrogens with zero attached hydrogens (tertiary/aromatic N) is 1. The Hall–Kier alpha value is -1.26. The van der Waals surface area contributed by atoms with E-state index in [2.05, 4.69) is 49.8 Å². The molecule has 1 aromatic carbocycles. The predicted molar refractivity (Wildman–Crippen MR) is 86.9 cm³/mol. The summed E-state index contributed by atoms with van der Waals surface area (Å²) in [6, 6.07) is 8.24. The van der Waals surface area contributed by atoms with E-state index in [-0.39, 0.29) is 17.7 Å². The summed E-state index contributed by atoms with van der Waals surface area (Å²) in [6.07, 6.45) is 3.16. The molecular formula is C16H22N2OS. The van der Waals surface area contributed by atoms with Crippen LogP contribution in [0.2, 0.25) is 0 Å². The fourth-order valence-electron chi connectivity index (χ4n) is 2.83. The van der Waals surface area contributed by atoms with Gasteiger partial charge in [0.2, 0.25) is 5.91 Å². The van der Waals surface area contributed by atoms with Gasteiger partial charge in [-0.05, 0) is 31.6 Å². The lowest BCUT2D eigenvalue weighted by atomic mass is 9.83. The molecule has 0 aromatic heterocycles. The van der Waals surface area contributed by atoms with Crippen molar-refractivity contribution in [2.75, 3.05) is 26.4 Å². The molecule has 2 N–H and O–H groups in total. The minimum Gasteiger partial charge on any atom is -0.369 e. The quantitative estimate of drug-likeness (QED) is 0.789. The van der Waals surface area contributed by atoms with Gasteiger partial charge in [-0.1, -0.05) is 35.9 Å². The lowest BCUT2D eigenvalue weighted by Gasteiger charge is -2.24. The normalized spacial score (nSPS) is 18.8. The highest BCUT2D eigenvalue weighted by atomic mass is 32.1. The lowest BCUT2D eigenvalue weighted by Crippen LogP contribution is -2.31. The molecule has 0 saturated heterocycles. The molecular weight excluding hydrogens is 268 g/mol. The van der Waals surface area contributed by atoms with Crippen molar-refractivity contribution < 1.29 is 4.79 Å². The third-order valence-electron chi connectivity index (χ3n) is 3.88. The second-order valence-electron chi connectivity index (χ2n) is 5.57. The van der Waals surface area contributed by atoms with Gasteiger partial charge in [0.05, 0.1) is 5.92 Å². The number of hydrogen-bond acceptors (Lipinski definition) is 3. The predicted octanol–water partition coefficient (Wildman–Crippen LogP) is 2.15. The van der Waals surface area contributed by atoms with E-state index in [1.165, 1.54) is 16.7 Å². The van der Waals surface area contributed by atoms with E-state index in [1.807, 2.05) is 12.1 Å². The average Bonchev–Trinajstić information content (AvgIpc) is 2.76. The van der Waals surface area contributed by atoms with E-state index in [1.54, 1.807) is 0 Å². The van der Waals surface area contributed by atoms with E-state index >= 15 is 0 Å². The van der Waals surface area contributed by atoms with Gasteiger partial charge < -0.3 is 10.6 Å². The molecule has 20 heavy (non-hydrogen) atoms. The molecule has 2 atom stereocenters. The summed E-state index contributed by atoms with van der Waals surface area (Å²) >= 11 is 4.33. The van der Waals surface area contributed by atoms with Gasteiger partial charge in [0.25, 0.3) is 0 Å². The van der Waals surface area contributed by atoms with Crippen LogP contribution >= 0.6 is 12.6 Å². The molecule has 2 unspecified atom stereocenters.